The summed E-state index contributed by atoms with van der Waals surface area (Å²) in [7, 11) is 0. The molecule has 3 rings (SSSR count). The summed E-state index contributed by atoms with van der Waals surface area (Å²) >= 11 is 0. The SMILES string of the molecule is CCC(Nc1cc(C)nc2ccnn12)C(C)Cc1c(C)cc(C)cc1C. The second-order valence-electron chi connectivity index (χ2n) is 7.60. The second-order valence-corrected chi connectivity index (χ2v) is 7.60. The molecule has 4 heteroatoms. The van der Waals surface area contributed by atoms with E-state index in [1.165, 1.54) is 22.3 Å². The Kier molecular flexibility index (Phi) is 5.30. The zero-order chi connectivity index (χ0) is 18.8. The van der Waals surface area contributed by atoms with Crippen molar-refractivity contribution < 1.29 is 0 Å². The van der Waals surface area contributed by atoms with Crippen LogP contribution in [0.5, 0.6) is 0 Å². The van der Waals surface area contributed by atoms with Crippen LogP contribution in [0.3, 0.4) is 0 Å². The molecule has 2 aromatic heterocycles. The number of aromatic nitrogens is 3. The van der Waals surface area contributed by atoms with Gasteiger partial charge in [-0.15, -0.1) is 0 Å². The van der Waals surface area contributed by atoms with E-state index < -0.39 is 0 Å². The number of nitrogens with zero attached hydrogens (tertiary/aromatic N) is 3. The van der Waals surface area contributed by atoms with Crippen LogP contribution in [-0.2, 0) is 6.42 Å². The molecule has 0 saturated heterocycles. The van der Waals surface area contributed by atoms with Crippen molar-refractivity contribution in [2.75, 3.05) is 5.32 Å². The summed E-state index contributed by atoms with van der Waals surface area (Å²) in [5.41, 5.74) is 7.53. The van der Waals surface area contributed by atoms with Gasteiger partial charge in [0.25, 0.3) is 0 Å². The Bertz CT molecular complexity index is 887. The van der Waals surface area contributed by atoms with Crippen LogP contribution in [0.4, 0.5) is 5.82 Å². The number of rotatable bonds is 6. The highest BCUT2D eigenvalue weighted by Gasteiger charge is 2.19. The largest absolute Gasteiger partial charge is 0.367 e. The van der Waals surface area contributed by atoms with Crippen molar-refractivity contribution in [1.29, 1.82) is 0 Å². The van der Waals surface area contributed by atoms with Gasteiger partial charge in [0, 0.05) is 23.9 Å². The first kappa shape index (κ1) is 18.4. The third-order valence-electron chi connectivity index (χ3n) is 5.31. The maximum Gasteiger partial charge on any atom is 0.157 e. The number of hydrogen-bond donors (Lipinski definition) is 1. The normalized spacial score (nSPS) is 13.8. The summed E-state index contributed by atoms with van der Waals surface area (Å²) in [6.45, 7) is 13.3. The molecule has 0 fully saturated rings. The van der Waals surface area contributed by atoms with Crippen LogP contribution in [0, 0.1) is 33.6 Å². The maximum absolute atomic E-state index is 4.53. The first-order valence-corrected chi connectivity index (χ1v) is 9.53. The number of anilines is 1. The topological polar surface area (TPSA) is 42.2 Å². The molecule has 0 spiro atoms. The van der Waals surface area contributed by atoms with Gasteiger partial charge in [-0.25, -0.2) is 4.98 Å². The lowest BCUT2D eigenvalue weighted by Gasteiger charge is -2.27. The average Bonchev–Trinajstić information content (AvgIpc) is 3.03. The van der Waals surface area contributed by atoms with Crippen molar-refractivity contribution in [3.05, 3.63) is 58.4 Å². The van der Waals surface area contributed by atoms with Crippen molar-refractivity contribution in [3.63, 3.8) is 0 Å². The lowest BCUT2D eigenvalue weighted by Crippen LogP contribution is -2.29. The minimum atomic E-state index is 0.379. The predicted molar refractivity (Wildman–Crippen MR) is 109 cm³/mol. The van der Waals surface area contributed by atoms with Crippen LogP contribution in [0.1, 0.15) is 48.2 Å². The van der Waals surface area contributed by atoms with Gasteiger partial charge in [0.05, 0.1) is 6.20 Å². The van der Waals surface area contributed by atoms with E-state index in [0.717, 1.165) is 30.0 Å². The van der Waals surface area contributed by atoms with E-state index in [4.69, 9.17) is 0 Å². The summed E-state index contributed by atoms with van der Waals surface area (Å²) in [6, 6.07) is 9.00. The van der Waals surface area contributed by atoms with Gasteiger partial charge in [-0.05, 0) is 63.1 Å². The summed E-state index contributed by atoms with van der Waals surface area (Å²) in [6.07, 6.45) is 3.95. The highest BCUT2D eigenvalue weighted by Crippen LogP contribution is 2.24. The van der Waals surface area contributed by atoms with Crippen LogP contribution in [0.25, 0.3) is 5.65 Å². The number of hydrogen-bond acceptors (Lipinski definition) is 3. The Hall–Kier alpha value is -2.36. The van der Waals surface area contributed by atoms with Crippen molar-refractivity contribution in [3.8, 4) is 0 Å². The van der Waals surface area contributed by atoms with Gasteiger partial charge in [0.1, 0.15) is 5.82 Å². The van der Waals surface area contributed by atoms with Crippen molar-refractivity contribution >= 4 is 11.5 Å². The molecular formula is C22H30N4. The molecule has 0 radical (unpaired) electrons. The molecule has 26 heavy (non-hydrogen) atoms. The van der Waals surface area contributed by atoms with E-state index in [9.17, 15) is 0 Å². The Labute approximate surface area is 156 Å². The highest BCUT2D eigenvalue weighted by molar-refractivity contribution is 5.49. The number of fused-ring (bicyclic) bond motifs is 1. The molecule has 2 unspecified atom stereocenters. The Morgan fingerprint density at radius 1 is 1.08 bits per heavy atom. The highest BCUT2D eigenvalue weighted by atomic mass is 15.3. The van der Waals surface area contributed by atoms with E-state index in [2.05, 4.69) is 68.2 Å². The van der Waals surface area contributed by atoms with Crippen LogP contribution < -0.4 is 5.32 Å². The molecule has 0 amide bonds. The first-order chi connectivity index (χ1) is 12.4. The molecule has 0 aliphatic rings. The van der Waals surface area contributed by atoms with E-state index in [1.54, 1.807) is 6.20 Å². The number of aryl methyl sites for hydroxylation is 4. The van der Waals surface area contributed by atoms with Crippen molar-refractivity contribution in [2.45, 2.75) is 60.4 Å². The molecule has 138 valence electrons. The molecule has 2 atom stereocenters. The van der Waals surface area contributed by atoms with E-state index in [1.807, 2.05) is 17.5 Å². The molecule has 0 saturated carbocycles. The Morgan fingerprint density at radius 3 is 2.42 bits per heavy atom. The van der Waals surface area contributed by atoms with Gasteiger partial charge in [-0.1, -0.05) is 31.5 Å². The van der Waals surface area contributed by atoms with E-state index in [-0.39, 0.29) is 0 Å². The van der Waals surface area contributed by atoms with E-state index >= 15 is 0 Å². The third kappa shape index (κ3) is 3.74. The van der Waals surface area contributed by atoms with Crippen LogP contribution in [0.15, 0.2) is 30.5 Å². The Morgan fingerprint density at radius 2 is 1.77 bits per heavy atom. The predicted octanol–water partition coefficient (Wildman–Crippen LogP) is 5.03. The quantitative estimate of drug-likeness (QED) is 0.678. The lowest BCUT2D eigenvalue weighted by molar-refractivity contribution is 0.465. The summed E-state index contributed by atoms with van der Waals surface area (Å²) < 4.78 is 1.89. The minimum absolute atomic E-state index is 0.379. The summed E-state index contributed by atoms with van der Waals surface area (Å²) in [4.78, 5) is 4.53. The van der Waals surface area contributed by atoms with Crippen molar-refractivity contribution in [1.82, 2.24) is 14.6 Å². The average molecular weight is 351 g/mol. The fourth-order valence-corrected chi connectivity index (χ4v) is 3.97. The molecule has 0 bridgehead atoms. The first-order valence-electron chi connectivity index (χ1n) is 9.53. The van der Waals surface area contributed by atoms with Gasteiger partial charge < -0.3 is 5.32 Å². The van der Waals surface area contributed by atoms with Gasteiger partial charge in [0.15, 0.2) is 5.65 Å². The molecule has 1 aromatic carbocycles. The standard InChI is InChI=1S/C22H30N4/c1-7-20(17(5)12-19-15(3)10-14(2)11-16(19)4)25-22-13-18(6)24-21-8-9-23-26(21)22/h8-11,13,17,20,25H,7,12H2,1-6H3. The van der Waals surface area contributed by atoms with Crippen molar-refractivity contribution in [2.24, 2.45) is 5.92 Å². The lowest BCUT2D eigenvalue weighted by atomic mass is 9.87. The molecule has 0 aliphatic carbocycles. The van der Waals surface area contributed by atoms with Gasteiger partial charge in [-0.2, -0.15) is 9.61 Å². The number of nitrogens with one attached hydrogen (secondary N) is 1. The fourth-order valence-electron chi connectivity index (χ4n) is 3.97. The van der Waals surface area contributed by atoms with Crippen LogP contribution in [-0.4, -0.2) is 20.6 Å². The smallest absolute Gasteiger partial charge is 0.157 e. The van der Waals surface area contributed by atoms with Crippen LogP contribution in [0.2, 0.25) is 0 Å². The number of benzene rings is 1. The van der Waals surface area contributed by atoms with E-state index in [0.29, 0.717) is 12.0 Å². The summed E-state index contributed by atoms with van der Waals surface area (Å²) in [5.74, 6) is 1.53. The molecule has 2 heterocycles. The zero-order valence-corrected chi connectivity index (χ0v) is 16.8. The molecule has 0 aliphatic heterocycles. The third-order valence-corrected chi connectivity index (χ3v) is 5.31. The monoisotopic (exact) mass is 350 g/mol. The van der Waals surface area contributed by atoms with Gasteiger partial charge >= 0.3 is 0 Å². The fraction of sp³-hybridized carbons (Fsp3) is 0.455. The minimum Gasteiger partial charge on any atom is -0.367 e. The maximum atomic E-state index is 4.53. The van der Waals surface area contributed by atoms with Gasteiger partial charge in [0.2, 0.25) is 0 Å². The Balaban J connectivity index is 1.83. The van der Waals surface area contributed by atoms with Crippen LogP contribution >= 0.6 is 0 Å². The summed E-state index contributed by atoms with van der Waals surface area (Å²) in [5, 5.41) is 8.15. The molecule has 3 aromatic rings. The second kappa shape index (κ2) is 7.48. The molecule has 1 N–H and O–H groups in total. The van der Waals surface area contributed by atoms with Gasteiger partial charge in [-0.3, -0.25) is 0 Å². The molecule has 4 nitrogen and oxygen atoms in total. The molecular weight excluding hydrogens is 320 g/mol. The zero-order valence-electron chi connectivity index (χ0n) is 16.8.